The van der Waals surface area contributed by atoms with Crippen molar-refractivity contribution in [1.82, 2.24) is 0 Å². The second-order valence-corrected chi connectivity index (χ2v) is 2.81. The molecular formula is C11H17NO4. The normalized spacial score (nSPS) is 8.69. The summed E-state index contributed by atoms with van der Waals surface area (Å²) in [5.41, 5.74) is 5.30. The lowest BCUT2D eigenvalue weighted by molar-refractivity contribution is -0.134. The van der Waals surface area contributed by atoms with E-state index < -0.39 is 5.97 Å². The molecule has 3 N–H and O–H groups in total. The van der Waals surface area contributed by atoms with E-state index in [1.165, 1.54) is 0 Å². The smallest absolute Gasteiger partial charge is 0.300 e. The number of nitrogens with two attached hydrogens (primary N) is 1. The Labute approximate surface area is 94.8 Å². The van der Waals surface area contributed by atoms with Gasteiger partial charge in [-0.25, -0.2) is 0 Å². The van der Waals surface area contributed by atoms with E-state index in [1.807, 2.05) is 24.3 Å². The van der Waals surface area contributed by atoms with Crippen LogP contribution in [-0.2, 0) is 4.79 Å². The molecule has 0 saturated heterocycles. The van der Waals surface area contributed by atoms with E-state index in [9.17, 15) is 0 Å². The molecule has 0 radical (unpaired) electrons. The lowest BCUT2D eigenvalue weighted by Crippen LogP contribution is -2.10. The summed E-state index contributed by atoms with van der Waals surface area (Å²) < 4.78 is 10.4. The van der Waals surface area contributed by atoms with Gasteiger partial charge in [0.15, 0.2) is 11.5 Å². The average molecular weight is 227 g/mol. The van der Waals surface area contributed by atoms with Gasteiger partial charge in [-0.05, 0) is 12.1 Å². The summed E-state index contributed by atoms with van der Waals surface area (Å²) in [4.78, 5) is 9.00. The highest BCUT2D eigenvalue weighted by Gasteiger charge is 2.00. The highest BCUT2D eigenvalue weighted by molar-refractivity contribution is 5.62. The molecule has 90 valence electrons. The van der Waals surface area contributed by atoms with E-state index in [-0.39, 0.29) is 0 Å². The second kappa shape index (κ2) is 8.55. The maximum Gasteiger partial charge on any atom is 0.300 e. The van der Waals surface area contributed by atoms with Crippen molar-refractivity contribution in [1.29, 1.82) is 0 Å². The van der Waals surface area contributed by atoms with Crippen LogP contribution in [0.1, 0.15) is 6.92 Å². The fourth-order valence-electron chi connectivity index (χ4n) is 0.907. The molecule has 5 heteroatoms. The molecule has 5 nitrogen and oxygen atoms in total. The van der Waals surface area contributed by atoms with Crippen LogP contribution in [0.5, 0.6) is 11.5 Å². The van der Waals surface area contributed by atoms with Gasteiger partial charge in [-0.15, -0.1) is 0 Å². The predicted molar refractivity (Wildman–Crippen MR) is 60.9 cm³/mol. The number of hydrogen-bond donors (Lipinski definition) is 2. The van der Waals surface area contributed by atoms with E-state index in [4.69, 9.17) is 25.1 Å². The topological polar surface area (TPSA) is 81.8 Å². The second-order valence-electron chi connectivity index (χ2n) is 2.81. The standard InChI is InChI=1S/C9H13NO2.C2H4O2/c1-11-8-4-2-3-5-9(8)12-7-6-10;1-2(3)4/h2-5H,6-7,10H2,1H3;1H3,(H,3,4). The van der Waals surface area contributed by atoms with Crippen molar-refractivity contribution in [2.45, 2.75) is 6.92 Å². The number of rotatable bonds is 4. The molecule has 16 heavy (non-hydrogen) atoms. The first-order valence-corrected chi connectivity index (χ1v) is 4.77. The van der Waals surface area contributed by atoms with Crippen LogP contribution < -0.4 is 15.2 Å². The van der Waals surface area contributed by atoms with Crippen LogP contribution in [0.2, 0.25) is 0 Å². The summed E-state index contributed by atoms with van der Waals surface area (Å²) in [5.74, 6) is 0.649. The zero-order valence-corrected chi connectivity index (χ0v) is 9.47. The molecule has 0 fully saturated rings. The molecule has 0 aliphatic rings. The third kappa shape index (κ3) is 6.67. The Kier molecular flexibility index (Phi) is 7.61. The van der Waals surface area contributed by atoms with Gasteiger partial charge in [-0.3, -0.25) is 4.79 Å². The Morgan fingerprint density at radius 2 is 1.88 bits per heavy atom. The van der Waals surface area contributed by atoms with Gasteiger partial charge in [0.1, 0.15) is 6.61 Å². The molecule has 1 rings (SSSR count). The van der Waals surface area contributed by atoms with E-state index in [2.05, 4.69) is 0 Å². The fraction of sp³-hybridized carbons (Fsp3) is 0.364. The molecule has 0 heterocycles. The molecule has 0 atom stereocenters. The summed E-state index contributed by atoms with van der Waals surface area (Å²) in [6, 6.07) is 7.50. The number of hydrogen-bond acceptors (Lipinski definition) is 4. The van der Waals surface area contributed by atoms with Crippen LogP contribution in [0.25, 0.3) is 0 Å². The molecule has 0 amide bonds. The van der Waals surface area contributed by atoms with E-state index in [0.717, 1.165) is 18.4 Å². The maximum atomic E-state index is 9.00. The first kappa shape index (κ1) is 14.2. The SMILES string of the molecule is CC(=O)O.COc1ccccc1OCCN. The van der Waals surface area contributed by atoms with E-state index >= 15 is 0 Å². The van der Waals surface area contributed by atoms with Crippen LogP contribution in [0.4, 0.5) is 0 Å². The monoisotopic (exact) mass is 227 g/mol. The molecule has 1 aromatic rings. The van der Waals surface area contributed by atoms with Crippen molar-refractivity contribution < 1.29 is 19.4 Å². The van der Waals surface area contributed by atoms with E-state index in [1.54, 1.807) is 7.11 Å². The summed E-state index contributed by atoms with van der Waals surface area (Å²) in [7, 11) is 1.62. The zero-order chi connectivity index (χ0) is 12.4. The number of benzene rings is 1. The summed E-state index contributed by atoms with van der Waals surface area (Å²) in [5, 5.41) is 7.42. The number of carboxylic acid groups (broad SMARTS) is 1. The number of ether oxygens (including phenoxy) is 2. The van der Waals surface area contributed by atoms with Gasteiger partial charge in [-0.2, -0.15) is 0 Å². The number of para-hydroxylation sites is 2. The van der Waals surface area contributed by atoms with Crippen LogP contribution in [0.15, 0.2) is 24.3 Å². The van der Waals surface area contributed by atoms with Crippen molar-refractivity contribution in [2.24, 2.45) is 5.73 Å². The molecule has 0 saturated carbocycles. The third-order valence-electron chi connectivity index (χ3n) is 1.44. The molecule has 0 unspecified atom stereocenters. The van der Waals surface area contributed by atoms with Gasteiger partial charge in [0.05, 0.1) is 7.11 Å². The molecule has 0 aromatic heterocycles. The molecule has 1 aromatic carbocycles. The first-order valence-electron chi connectivity index (χ1n) is 4.77. The Hall–Kier alpha value is -1.75. The van der Waals surface area contributed by atoms with Crippen molar-refractivity contribution >= 4 is 5.97 Å². The van der Waals surface area contributed by atoms with Gasteiger partial charge in [0.25, 0.3) is 5.97 Å². The third-order valence-corrected chi connectivity index (χ3v) is 1.44. The van der Waals surface area contributed by atoms with Crippen LogP contribution >= 0.6 is 0 Å². The molecule has 0 aliphatic heterocycles. The summed E-state index contributed by atoms with van der Waals surface area (Å²) in [6.07, 6.45) is 0. The lowest BCUT2D eigenvalue weighted by atomic mass is 10.3. The Morgan fingerprint density at radius 3 is 2.31 bits per heavy atom. The molecule has 0 spiro atoms. The first-order chi connectivity index (χ1) is 7.61. The van der Waals surface area contributed by atoms with Crippen LogP contribution in [-0.4, -0.2) is 31.3 Å². The molecule has 0 aliphatic carbocycles. The maximum absolute atomic E-state index is 9.00. The predicted octanol–water partition coefficient (Wildman–Crippen LogP) is 1.12. The van der Waals surface area contributed by atoms with Crippen molar-refractivity contribution in [2.75, 3.05) is 20.3 Å². The number of methoxy groups -OCH3 is 1. The Balaban J connectivity index is 0.000000487. The number of carboxylic acids is 1. The lowest BCUT2D eigenvalue weighted by Gasteiger charge is -2.08. The Bertz CT molecular complexity index is 311. The van der Waals surface area contributed by atoms with Crippen molar-refractivity contribution in [3.63, 3.8) is 0 Å². The van der Waals surface area contributed by atoms with Gasteiger partial charge < -0.3 is 20.3 Å². The van der Waals surface area contributed by atoms with Crippen molar-refractivity contribution in [3.8, 4) is 11.5 Å². The largest absolute Gasteiger partial charge is 0.493 e. The van der Waals surface area contributed by atoms with Crippen molar-refractivity contribution in [3.05, 3.63) is 24.3 Å². The molecular weight excluding hydrogens is 210 g/mol. The van der Waals surface area contributed by atoms with E-state index in [0.29, 0.717) is 13.2 Å². The number of carbonyl (C=O) groups is 1. The summed E-state index contributed by atoms with van der Waals surface area (Å²) >= 11 is 0. The van der Waals surface area contributed by atoms with Gasteiger partial charge in [0, 0.05) is 13.5 Å². The van der Waals surface area contributed by atoms with Gasteiger partial charge >= 0.3 is 0 Å². The quantitative estimate of drug-likeness (QED) is 0.805. The molecule has 0 bridgehead atoms. The minimum atomic E-state index is -0.833. The van der Waals surface area contributed by atoms with Crippen LogP contribution in [0, 0.1) is 0 Å². The highest BCUT2D eigenvalue weighted by atomic mass is 16.5. The van der Waals surface area contributed by atoms with Crippen LogP contribution in [0.3, 0.4) is 0 Å². The number of aliphatic carboxylic acids is 1. The summed E-state index contributed by atoms with van der Waals surface area (Å²) in [6.45, 7) is 2.11. The minimum Gasteiger partial charge on any atom is -0.493 e. The highest BCUT2D eigenvalue weighted by Crippen LogP contribution is 2.25. The van der Waals surface area contributed by atoms with Gasteiger partial charge in [0.2, 0.25) is 0 Å². The van der Waals surface area contributed by atoms with Gasteiger partial charge in [-0.1, -0.05) is 12.1 Å². The average Bonchev–Trinajstić information content (AvgIpc) is 2.26. The minimum absolute atomic E-state index is 0.512. The fourth-order valence-corrected chi connectivity index (χ4v) is 0.907. The zero-order valence-electron chi connectivity index (χ0n) is 9.47. The Morgan fingerprint density at radius 1 is 1.38 bits per heavy atom.